The summed E-state index contributed by atoms with van der Waals surface area (Å²) in [5.41, 5.74) is 1.06. The van der Waals surface area contributed by atoms with Crippen molar-refractivity contribution in [2.45, 2.75) is 38.1 Å². The second kappa shape index (κ2) is 6.79. The number of benzene rings is 1. The van der Waals surface area contributed by atoms with Gasteiger partial charge in [0.2, 0.25) is 5.91 Å². The number of carbonyl (C=O) groups is 2. The van der Waals surface area contributed by atoms with Crippen LogP contribution >= 0.6 is 11.3 Å². The molecule has 2 aliphatic heterocycles. The van der Waals surface area contributed by atoms with Gasteiger partial charge in [0.1, 0.15) is 5.76 Å². The number of likely N-dealkylation sites (tertiary alicyclic amines) is 1. The number of hydrogen-bond donors (Lipinski definition) is 0. The molecule has 144 valence electrons. The Hall–Kier alpha value is -2.58. The zero-order chi connectivity index (χ0) is 19.3. The van der Waals surface area contributed by atoms with Crippen molar-refractivity contribution < 1.29 is 14.1 Å². The summed E-state index contributed by atoms with van der Waals surface area (Å²) < 4.78 is 6.24. The second-order valence-corrected chi connectivity index (χ2v) is 8.48. The van der Waals surface area contributed by atoms with Crippen molar-refractivity contribution in [3.8, 4) is 0 Å². The Morgan fingerprint density at radius 3 is 2.68 bits per heavy atom. The van der Waals surface area contributed by atoms with Crippen LogP contribution in [-0.4, -0.2) is 46.0 Å². The van der Waals surface area contributed by atoms with Crippen LogP contribution in [0, 0.1) is 6.92 Å². The van der Waals surface area contributed by atoms with Crippen LogP contribution in [0.3, 0.4) is 0 Å². The number of carbonyl (C=O) groups excluding carboxylic acids is 2. The second-order valence-electron chi connectivity index (χ2n) is 7.41. The van der Waals surface area contributed by atoms with Gasteiger partial charge in [0.25, 0.3) is 5.91 Å². The maximum Gasteiger partial charge on any atom is 0.252 e. The SMILES string of the molecule is Cc1cc(N2C(=O)C[C@H](N3CCC(c4nc5ccccc5s4)CC3)C2=O)no1. The number of aromatic nitrogens is 2. The van der Waals surface area contributed by atoms with Gasteiger partial charge in [0.15, 0.2) is 5.82 Å². The van der Waals surface area contributed by atoms with Crippen molar-refractivity contribution in [3.05, 3.63) is 41.1 Å². The fourth-order valence-electron chi connectivity index (χ4n) is 4.12. The van der Waals surface area contributed by atoms with E-state index in [2.05, 4.69) is 16.1 Å². The average molecular weight is 396 g/mol. The number of rotatable bonds is 3. The number of anilines is 1. The first kappa shape index (κ1) is 17.5. The largest absolute Gasteiger partial charge is 0.360 e. The molecule has 2 aliphatic rings. The fourth-order valence-corrected chi connectivity index (χ4v) is 5.26. The fraction of sp³-hybridized carbons (Fsp3) is 0.400. The van der Waals surface area contributed by atoms with E-state index >= 15 is 0 Å². The van der Waals surface area contributed by atoms with E-state index in [0.29, 0.717) is 17.5 Å². The number of fused-ring (bicyclic) bond motifs is 1. The van der Waals surface area contributed by atoms with E-state index in [-0.39, 0.29) is 18.2 Å². The molecular weight excluding hydrogens is 376 g/mol. The van der Waals surface area contributed by atoms with Gasteiger partial charge in [-0.15, -0.1) is 11.3 Å². The Balaban J connectivity index is 1.28. The molecule has 8 heteroatoms. The van der Waals surface area contributed by atoms with Gasteiger partial charge in [-0.3, -0.25) is 14.5 Å². The van der Waals surface area contributed by atoms with Gasteiger partial charge in [0.05, 0.1) is 27.7 Å². The Labute approximate surface area is 165 Å². The minimum atomic E-state index is -0.402. The molecule has 2 amide bonds. The highest BCUT2D eigenvalue weighted by molar-refractivity contribution is 7.18. The van der Waals surface area contributed by atoms with Crippen LogP contribution in [0.1, 0.15) is 35.9 Å². The first-order chi connectivity index (χ1) is 13.6. The lowest BCUT2D eigenvalue weighted by Crippen LogP contribution is -2.45. The molecule has 2 saturated heterocycles. The van der Waals surface area contributed by atoms with Crippen molar-refractivity contribution in [1.82, 2.24) is 15.0 Å². The van der Waals surface area contributed by atoms with Crippen molar-refractivity contribution in [3.63, 3.8) is 0 Å². The summed E-state index contributed by atoms with van der Waals surface area (Å²) in [7, 11) is 0. The molecule has 0 unspecified atom stereocenters. The van der Waals surface area contributed by atoms with Crippen LogP contribution in [0.5, 0.6) is 0 Å². The zero-order valence-corrected chi connectivity index (χ0v) is 16.3. The predicted octanol–water partition coefficient (Wildman–Crippen LogP) is 3.10. The molecule has 0 spiro atoms. The molecule has 0 saturated carbocycles. The Kier molecular flexibility index (Phi) is 4.25. The molecule has 0 N–H and O–H groups in total. The van der Waals surface area contributed by atoms with Crippen LogP contribution in [0.15, 0.2) is 34.9 Å². The van der Waals surface area contributed by atoms with Crippen LogP contribution < -0.4 is 4.90 Å². The highest BCUT2D eigenvalue weighted by atomic mass is 32.1. The summed E-state index contributed by atoms with van der Waals surface area (Å²) in [5.74, 6) is 0.874. The molecule has 2 aromatic heterocycles. The van der Waals surface area contributed by atoms with Crippen molar-refractivity contribution >= 4 is 39.2 Å². The molecule has 2 fully saturated rings. The van der Waals surface area contributed by atoms with Gasteiger partial charge in [-0.05, 0) is 45.0 Å². The summed E-state index contributed by atoms with van der Waals surface area (Å²) in [5, 5.41) is 5.01. The van der Waals surface area contributed by atoms with Crippen molar-refractivity contribution in [1.29, 1.82) is 0 Å². The number of hydrogen-bond acceptors (Lipinski definition) is 7. The number of para-hydroxylation sites is 1. The highest BCUT2D eigenvalue weighted by Crippen LogP contribution is 2.35. The predicted molar refractivity (Wildman–Crippen MR) is 105 cm³/mol. The van der Waals surface area contributed by atoms with Crippen molar-refractivity contribution in [2.75, 3.05) is 18.0 Å². The summed E-state index contributed by atoms with van der Waals surface area (Å²) in [6.45, 7) is 3.32. The van der Waals surface area contributed by atoms with Crippen LogP contribution in [0.25, 0.3) is 10.2 Å². The molecule has 3 aromatic rings. The standard InChI is InChI=1S/C20H20N4O3S/c1-12-10-17(22-27-12)24-18(25)11-15(20(24)26)23-8-6-13(7-9-23)19-21-14-4-2-3-5-16(14)28-19/h2-5,10,13,15H,6-9,11H2,1H3/t15-/m0/s1. The number of imide groups is 1. The molecule has 0 bridgehead atoms. The minimum absolute atomic E-state index is 0.197. The molecule has 5 rings (SSSR count). The van der Waals surface area contributed by atoms with Gasteiger partial charge in [-0.2, -0.15) is 0 Å². The normalized spacial score (nSPS) is 21.9. The summed E-state index contributed by atoms with van der Waals surface area (Å²) in [6.07, 6.45) is 2.10. The summed E-state index contributed by atoms with van der Waals surface area (Å²) >= 11 is 1.76. The van der Waals surface area contributed by atoms with Gasteiger partial charge in [0, 0.05) is 12.0 Å². The van der Waals surface area contributed by atoms with E-state index in [9.17, 15) is 9.59 Å². The number of thiazole rings is 1. The smallest absolute Gasteiger partial charge is 0.252 e. The topological polar surface area (TPSA) is 79.5 Å². The van der Waals surface area contributed by atoms with Crippen LogP contribution in [0.2, 0.25) is 0 Å². The Bertz CT molecular complexity index is 1020. The molecule has 0 aliphatic carbocycles. The third-order valence-electron chi connectivity index (χ3n) is 5.60. The molecule has 1 atom stereocenters. The molecular formula is C20H20N4O3S. The number of amides is 2. The maximum absolute atomic E-state index is 12.9. The van der Waals surface area contributed by atoms with E-state index in [1.54, 1.807) is 24.3 Å². The Morgan fingerprint density at radius 2 is 1.96 bits per heavy atom. The molecule has 7 nitrogen and oxygen atoms in total. The first-order valence-corrected chi connectivity index (χ1v) is 10.3. The molecule has 4 heterocycles. The van der Waals surface area contributed by atoms with Gasteiger partial charge < -0.3 is 4.52 Å². The quantitative estimate of drug-likeness (QED) is 0.633. The van der Waals surface area contributed by atoms with Crippen LogP contribution in [-0.2, 0) is 9.59 Å². The lowest BCUT2D eigenvalue weighted by molar-refractivity contribution is -0.123. The zero-order valence-electron chi connectivity index (χ0n) is 15.5. The van der Waals surface area contributed by atoms with Crippen LogP contribution in [0.4, 0.5) is 5.82 Å². The average Bonchev–Trinajstić information content (AvgIpc) is 3.39. The van der Waals surface area contributed by atoms with E-state index in [4.69, 9.17) is 9.51 Å². The number of nitrogens with zero attached hydrogens (tertiary/aromatic N) is 4. The lowest BCUT2D eigenvalue weighted by atomic mass is 9.96. The first-order valence-electron chi connectivity index (χ1n) is 9.50. The number of aryl methyl sites for hydroxylation is 1. The van der Waals surface area contributed by atoms with E-state index < -0.39 is 6.04 Å². The number of piperidine rings is 1. The van der Waals surface area contributed by atoms with E-state index in [1.807, 2.05) is 18.2 Å². The minimum Gasteiger partial charge on any atom is -0.360 e. The van der Waals surface area contributed by atoms with Gasteiger partial charge >= 0.3 is 0 Å². The molecule has 0 radical (unpaired) electrons. The monoisotopic (exact) mass is 396 g/mol. The summed E-state index contributed by atoms with van der Waals surface area (Å²) in [4.78, 5) is 33.4. The van der Waals surface area contributed by atoms with Gasteiger partial charge in [-0.1, -0.05) is 17.3 Å². The summed E-state index contributed by atoms with van der Waals surface area (Å²) in [6, 6.07) is 9.43. The van der Waals surface area contributed by atoms with Gasteiger partial charge in [-0.25, -0.2) is 9.88 Å². The Morgan fingerprint density at radius 1 is 1.18 bits per heavy atom. The third-order valence-corrected chi connectivity index (χ3v) is 6.80. The highest BCUT2D eigenvalue weighted by Gasteiger charge is 2.44. The molecule has 28 heavy (non-hydrogen) atoms. The maximum atomic E-state index is 12.9. The van der Waals surface area contributed by atoms with Crippen molar-refractivity contribution in [2.24, 2.45) is 0 Å². The lowest BCUT2D eigenvalue weighted by Gasteiger charge is -2.33. The van der Waals surface area contributed by atoms with E-state index in [0.717, 1.165) is 31.4 Å². The molecule has 1 aromatic carbocycles. The third kappa shape index (κ3) is 2.93. The van der Waals surface area contributed by atoms with E-state index in [1.165, 1.54) is 14.6 Å².